The summed E-state index contributed by atoms with van der Waals surface area (Å²) in [4.78, 5) is 24.6. The van der Waals surface area contributed by atoms with Crippen LogP contribution in [-0.4, -0.2) is 41.4 Å². The van der Waals surface area contributed by atoms with Gasteiger partial charge in [0, 0.05) is 19.0 Å². The predicted octanol–water partition coefficient (Wildman–Crippen LogP) is 1.25. The Hall–Kier alpha value is -0.900. The topological polar surface area (TPSA) is 57.6 Å². The fourth-order valence-electron chi connectivity index (χ4n) is 2.44. The lowest BCUT2D eigenvalue weighted by molar-refractivity contribution is -0.149. The van der Waals surface area contributed by atoms with E-state index in [0.29, 0.717) is 18.9 Å². The predicted molar refractivity (Wildman–Crippen MR) is 61.2 cm³/mol. The Morgan fingerprint density at radius 3 is 2.44 bits per heavy atom. The van der Waals surface area contributed by atoms with E-state index >= 15 is 0 Å². The van der Waals surface area contributed by atoms with Crippen molar-refractivity contribution in [1.82, 2.24) is 4.90 Å². The molecule has 0 amide bonds. The summed E-state index contributed by atoms with van der Waals surface area (Å²) in [5.41, 5.74) is 0. The second-order valence-electron chi connectivity index (χ2n) is 5.10. The molecule has 4 nitrogen and oxygen atoms in total. The average molecular weight is 227 g/mol. The lowest BCUT2D eigenvalue weighted by Gasteiger charge is -2.36. The second-order valence-corrected chi connectivity index (χ2v) is 5.10. The van der Waals surface area contributed by atoms with Crippen molar-refractivity contribution in [1.29, 1.82) is 0 Å². The van der Waals surface area contributed by atoms with E-state index in [2.05, 4.69) is 18.7 Å². The first-order valence-corrected chi connectivity index (χ1v) is 5.87. The number of carboxylic acids is 1. The molecule has 92 valence electrons. The van der Waals surface area contributed by atoms with Crippen molar-refractivity contribution in [3.63, 3.8) is 0 Å². The molecule has 0 saturated carbocycles. The van der Waals surface area contributed by atoms with E-state index in [1.165, 1.54) is 6.92 Å². The number of likely N-dealkylation sites (tertiary alicyclic amines) is 1. The van der Waals surface area contributed by atoms with Gasteiger partial charge in [-0.15, -0.1) is 0 Å². The van der Waals surface area contributed by atoms with Crippen LogP contribution >= 0.6 is 0 Å². The third kappa shape index (κ3) is 3.30. The van der Waals surface area contributed by atoms with Crippen LogP contribution in [0, 0.1) is 17.8 Å². The number of Topliss-reactive ketones (excluding diaryl/α,β-unsaturated/α-hetero) is 1. The van der Waals surface area contributed by atoms with Crippen LogP contribution in [0.4, 0.5) is 0 Å². The van der Waals surface area contributed by atoms with Gasteiger partial charge in [-0.2, -0.15) is 0 Å². The summed E-state index contributed by atoms with van der Waals surface area (Å²) in [7, 11) is 0. The number of hydrogen-bond donors (Lipinski definition) is 1. The minimum absolute atomic E-state index is 0.0107. The van der Waals surface area contributed by atoms with E-state index in [1.807, 2.05) is 0 Å². The number of ketones is 1. The van der Waals surface area contributed by atoms with Crippen LogP contribution < -0.4 is 0 Å². The highest BCUT2D eigenvalue weighted by Crippen LogP contribution is 2.25. The van der Waals surface area contributed by atoms with E-state index in [4.69, 9.17) is 5.11 Å². The van der Waals surface area contributed by atoms with Gasteiger partial charge in [-0.25, -0.2) is 0 Å². The molecule has 0 radical (unpaired) electrons. The van der Waals surface area contributed by atoms with Crippen LogP contribution in [0.25, 0.3) is 0 Å². The van der Waals surface area contributed by atoms with Gasteiger partial charge >= 0.3 is 5.97 Å². The second kappa shape index (κ2) is 5.43. The fourth-order valence-corrected chi connectivity index (χ4v) is 2.44. The maximum atomic E-state index is 11.4. The van der Waals surface area contributed by atoms with Gasteiger partial charge in [0.1, 0.15) is 5.78 Å². The van der Waals surface area contributed by atoms with Crippen molar-refractivity contribution in [3.8, 4) is 0 Å². The number of rotatable bonds is 4. The summed E-state index contributed by atoms with van der Waals surface area (Å²) in [5.74, 6) is -1.11. The van der Waals surface area contributed by atoms with Gasteiger partial charge in [0.2, 0.25) is 0 Å². The van der Waals surface area contributed by atoms with Gasteiger partial charge in [-0.3, -0.25) is 9.59 Å². The third-order valence-electron chi connectivity index (χ3n) is 3.16. The quantitative estimate of drug-likeness (QED) is 0.785. The highest BCUT2D eigenvalue weighted by molar-refractivity contribution is 5.84. The molecule has 16 heavy (non-hydrogen) atoms. The summed E-state index contributed by atoms with van der Waals surface area (Å²) >= 11 is 0. The maximum absolute atomic E-state index is 11.4. The van der Waals surface area contributed by atoms with Crippen LogP contribution in [0.1, 0.15) is 27.2 Å². The molecule has 2 unspecified atom stereocenters. The van der Waals surface area contributed by atoms with E-state index in [1.54, 1.807) is 0 Å². The number of piperidine rings is 1. The highest BCUT2D eigenvalue weighted by Gasteiger charge is 2.36. The smallest absolute Gasteiger partial charge is 0.308 e. The number of aliphatic carboxylic acids is 1. The van der Waals surface area contributed by atoms with E-state index in [-0.39, 0.29) is 11.7 Å². The molecule has 0 aromatic heterocycles. The summed E-state index contributed by atoms with van der Waals surface area (Å²) in [6.45, 7) is 8.00. The molecule has 1 N–H and O–H groups in total. The Morgan fingerprint density at radius 1 is 1.38 bits per heavy atom. The lowest BCUT2D eigenvalue weighted by Crippen LogP contribution is -2.47. The van der Waals surface area contributed by atoms with Gasteiger partial charge in [-0.05, 0) is 25.8 Å². The maximum Gasteiger partial charge on any atom is 0.308 e. The molecule has 1 heterocycles. The number of carboxylic acid groups (broad SMARTS) is 1. The summed E-state index contributed by atoms with van der Waals surface area (Å²) in [6, 6.07) is 0. The molecule has 1 rings (SSSR count). The first kappa shape index (κ1) is 13.2. The number of carbonyl (C=O) groups excluding carboxylic acids is 1. The molecule has 0 spiro atoms. The summed E-state index contributed by atoms with van der Waals surface area (Å²) in [6.07, 6.45) is 0.680. The molecule has 0 aromatic rings. The first-order valence-electron chi connectivity index (χ1n) is 5.87. The molecule has 0 aliphatic carbocycles. The zero-order chi connectivity index (χ0) is 12.3. The van der Waals surface area contributed by atoms with Gasteiger partial charge in [0.15, 0.2) is 0 Å². The van der Waals surface area contributed by atoms with E-state index < -0.39 is 11.9 Å². The highest BCUT2D eigenvalue weighted by atomic mass is 16.4. The molecule has 0 aromatic carbocycles. The van der Waals surface area contributed by atoms with Crippen LogP contribution in [0.5, 0.6) is 0 Å². The van der Waals surface area contributed by atoms with Crippen LogP contribution in [-0.2, 0) is 9.59 Å². The largest absolute Gasteiger partial charge is 0.481 e. The monoisotopic (exact) mass is 227 g/mol. The fraction of sp³-hybridized carbons (Fsp3) is 0.833. The molecular formula is C12H21NO3. The average Bonchev–Trinajstić information content (AvgIpc) is 2.16. The third-order valence-corrected chi connectivity index (χ3v) is 3.16. The lowest BCUT2D eigenvalue weighted by atomic mass is 9.82. The van der Waals surface area contributed by atoms with Gasteiger partial charge < -0.3 is 10.0 Å². The molecule has 4 heteroatoms. The molecule has 0 bridgehead atoms. The Kier molecular flexibility index (Phi) is 4.47. The van der Waals surface area contributed by atoms with E-state index in [0.717, 1.165) is 13.1 Å². The molecular weight excluding hydrogens is 206 g/mol. The van der Waals surface area contributed by atoms with Crippen LogP contribution in [0.3, 0.4) is 0 Å². The molecule has 1 aliphatic rings. The van der Waals surface area contributed by atoms with E-state index in [9.17, 15) is 9.59 Å². The van der Waals surface area contributed by atoms with Gasteiger partial charge in [-0.1, -0.05) is 13.8 Å². The van der Waals surface area contributed by atoms with Crippen molar-refractivity contribution in [2.45, 2.75) is 27.2 Å². The SMILES string of the molecule is CC(=O)C1CCN(CC(C)C)CC1C(=O)O. The first-order chi connectivity index (χ1) is 7.41. The Morgan fingerprint density at radius 2 is 2.00 bits per heavy atom. The number of carbonyl (C=O) groups is 2. The zero-order valence-electron chi connectivity index (χ0n) is 10.3. The van der Waals surface area contributed by atoms with Crippen molar-refractivity contribution < 1.29 is 14.7 Å². The summed E-state index contributed by atoms with van der Waals surface area (Å²) in [5, 5.41) is 9.13. The minimum atomic E-state index is -0.839. The van der Waals surface area contributed by atoms with Crippen molar-refractivity contribution in [2.75, 3.05) is 19.6 Å². The summed E-state index contributed by atoms with van der Waals surface area (Å²) < 4.78 is 0. The van der Waals surface area contributed by atoms with Crippen molar-refractivity contribution in [3.05, 3.63) is 0 Å². The Balaban J connectivity index is 2.65. The van der Waals surface area contributed by atoms with Crippen molar-refractivity contribution in [2.24, 2.45) is 17.8 Å². The zero-order valence-corrected chi connectivity index (χ0v) is 10.3. The number of nitrogens with zero attached hydrogens (tertiary/aromatic N) is 1. The minimum Gasteiger partial charge on any atom is -0.481 e. The van der Waals surface area contributed by atoms with Gasteiger partial charge in [0.05, 0.1) is 5.92 Å². The van der Waals surface area contributed by atoms with Crippen molar-refractivity contribution >= 4 is 11.8 Å². The molecule has 1 saturated heterocycles. The van der Waals surface area contributed by atoms with Crippen LogP contribution in [0.15, 0.2) is 0 Å². The standard InChI is InChI=1S/C12H21NO3/c1-8(2)6-13-5-4-10(9(3)14)11(7-13)12(15)16/h8,10-11H,4-7H2,1-3H3,(H,15,16). The molecule has 2 atom stereocenters. The normalized spacial score (nSPS) is 27.0. The molecule has 1 fully saturated rings. The van der Waals surface area contributed by atoms with Gasteiger partial charge in [0.25, 0.3) is 0 Å². The number of hydrogen-bond acceptors (Lipinski definition) is 3. The Labute approximate surface area is 96.6 Å². The Bertz CT molecular complexity index is 275. The molecule has 1 aliphatic heterocycles. The van der Waals surface area contributed by atoms with Crippen LogP contribution in [0.2, 0.25) is 0 Å².